The molecule has 0 rings (SSSR count). The van der Waals surface area contributed by atoms with E-state index in [0.717, 1.165) is 102 Å². The molecular formula is C81H158O17P2. The number of carbonyl (C=O) groups is 4. The van der Waals surface area contributed by atoms with Crippen molar-refractivity contribution in [1.82, 2.24) is 0 Å². The second-order valence-corrected chi connectivity index (χ2v) is 32.8. The van der Waals surface area contributed by atoms with Gasteiger partial charge >= 0.3 is 39.5 Å². The van der Waals surface area contributed by atoms with Crippen LogP contribution in [0.5, 0.6) is 0 Å². The van der Waals surface area contributed by atoms with Gasteiger partial charge in [0.2, 0.25) is 0 Å². The van der Waals surface area contributed by atoms with Crippen molar-refractivity contribution in [2.75, 3.05) is 39.6 Å². The van der Waals surface area contributed by atoms with Gasteiger partial charge in [0, 0.05) is 25.7 Å². The number of unbranched alkanes of at least 4 members (excludes halogenated alkanes) is 49. The molecule has 0 saturated heterocycles. The first kappa shape index (κ1) is 98.1. The fourth-order valence-electron chi connectivity index (χ4n) is 12.5. The molecule has 6 atom stereocenters. The zero-order valence-corrected chi connectivity index (χ0v) is 67.3. The largest absolute Gasteiger partial charge is 0.472 e. The van der Waals surface area contributed by atoms with Crippen LogP contribution in [0, 0.1) is 11.8 Å². The highest BCUT2D eigenvalue weighted by Crippen LogP contribution is 2.45. The normalized spacial score (nSPS) is 14.2. The number of ether oxygens (including phenoxy) is 4. The van der Waals surface area contributed by atoms with E-state index in [9.17, 15) is 43.2 Å². The second-order valence-electron chi connectivity index (χ2n) is 29.9. The minimum atomic E-state index is -4.96. The van der Waals surface area contributed by atoms with Crippen LogP contribution in [0.2, 0.25) is 0 Å². The molecule has 100 heavy (non-hydrogen) atoms. The number of phosphoric ester groups is 2. The van der Waals surface area contributed by atoms with E-state index in [2.05, 4.69) is 41.5 Å². The summed E-state index contributed by atoms with van der Waals surface area (Å²) in [5.41, 5.74) is 0. The summed E-state index contributed by atoms with van der Waals surface area (Å²) in [6, 6.07) is 0. The summed E-state index contributed by atoms with van der Waals surface area (Å²) in [4.78, 5) is 73.0. The zero-order valence-electron chi connectivity index (χ0n) is 65.5. The lowest BCUT2D eigenvalue weighted by Gasteiger charge is -2.21. The van der Waals surface area contributed by atoms with Gasteiger partial charge in [-0.25, -0.2) is 9.13 Å². The quantitative estimate of drug-likeness (QED) is 0.0222. The Kier molecular flexibility index (Phi) is 71.2. The van der Waals surface area contributed by atoms with Gasteiger partial charge in [0.1, 0.15) is 19.3 Å². The molecule has 0 amide bonds. The van der Waals surface area contributed by atoms with Gasteiger partial charge < -0.3 is 33.8 Å². The van der Waals surface area contributed by atoms with Crippen molar-refractivity contribution in [2.45, 2.75) is 445 Å². The Morgan fingerprint density at radius 3 is 0.760 bits per heavy atom. The lowest BCUT2D eigenvalue weighted by atomic mass is 9.99. The maximum absolute atomic E-state index is 13.1. The molecular weight excluding hydrogens is 1310 g/mol. The Bertz CT molecular complexity index is 1930. The molecule has 0 aliphatic rings. The van der Waals surface area contributed by atoms with E-state index in [1.165, 1.54) is 238 Å². The number of esters is 4. The molecule has 0 aliphatic heterocycles. The summed E-state index contributed by atoms with van der Waals surface area (Å²) in [7, 11) is -9.92. The second kappa shape index (κ2) is 72.6. The van der Waals surface area contributed by atoms with Crippen LogP contribution in [0.1, 0.15) is 427 Å². The summed E-state index contributed by atoms with van der Waals surface area (Å²) >= 11 is 0. The molecule has 17 nitrogen and oxygen atoms in total. The maximum atomic E-state index is 13.1. The molecule has 0 bridgehead atoms. The molecule has 0 fully saturated rings. The van der Waals surface area contributed by atoms with Crippen LogP contribution in [0.3, 0.4) is 0 Å². The first-order valence-corrected chi connectivity index (χ1v) is 45.0. The van der Waals surface area contributed by atoms with E-state index in [0.29, 0.717) is 31.6 Å². The molecule has 0 aliphatic carbocycles. The summed E-state index contributed by atoms with van der Waals surface area (Å²) in [6.45, 7) is 9.57. The molecule has 0 spiro atoms. The van der Waals surface area contributed by atoms with Gasteiger partial charge in [0.05, 0.1) is 26.4 Å². The molecule has 0 aromatic rings. The van der Waals surface area contributed by atoms with Crippen LogP contribution >= 0.6 is 15.6 Å². The summed E-state index contributed by atoms with van der Waals surface area (Å²) in [5.74, 6) is -0.638. The molecule has 3 unspecified atom stereocenters. The fraction of sp³-hybridized carbons (Fsp3) is 0.951. The first-order valence-electron chi connectivity index (χ1n) is 42.0. The minimum absolute atomic E-state index is 0.104. The van der Waals surface area contributed by atoms with E-state index in [1.807, 2.05) is 0 Å². The lowest BCUT2D eigenvalue weighted by molar-refractivity contribution is -0.161. The number of aliphatic hydroxyl groups is 1. The summed E-state index contributed by atoms with van der Waals surface area (Å²) in [6.07, 6.45) is 62.7. The standard InChI is InChI=1S/C81H158O17P2/c1-7-10-12-14-16-18-20-22-24-26-27-28-29-30-31-33-35-37-39-46-53-59-65-80(85)97-76(69-91-78(83)63-57-51-45-38-36-34-32-25-23-21-19-17-15-13-11-8-2)71-95-99(87,88)93-67-75(82)68-94-100(89,90)96-72-77(70-92-79(84)64-58-52-48-42-43-49-55-61-73(4)5)98-81(86)66-60-54-47-41-40-44-50-56-62-74(6)9-3/h73-77,82H,7-72H2,1-6H3,(H,87,88)(H,89,90)/t74?,75-,76-,77-/m1/s1. The highest BCUT2D eigenvalue weighted by Gasteiger charge is 2.30. The zero-order chi connectivity index (χ0) is 73.5. The van der Waals surface area contributed by atoms with Crippen molar-refractivity contribution in [3.63, 3.8) is 0 Å². The molecule has 19 heteroatoms. The molecule has 594 valence electrons. The van der Waals surface area contributed by atoms with Gasteiger partial charge in [0.25, 0.3) is 0 Å². The summed E-state index contributed by atoms with van der Waals surface area (Å²) in [5, 5.41) is 10.6. The van der Waals surface area contributed by atoms with Gasteiger partial charge in [-0.3, -0.25) is 37.3 Å². The van der Waals surface area contributed by atoms with Gasteiger partial charge in [-0.2, -0.15) is 0 Å². The molecule has 0 radical (unpaired) electrons. The highest BCUT2D eigenvalue weighted by atomic mass is 31.2. The third kappa shape index (κ3) is 73.0. The van der Waals surface area contributed by atoms with Gasteiger partial charge in [-0.1, -0.05) is 375 Å². The third-order valence-electron chi connectivity index (χ3n) is 19.3. The number of rotatable bonds is 80. The van der Waals surface area contributed by atoms with Crippen molar-refractivity contribution >= 4 is 39.5 Å². The van der Waals surface area contributed by atoms with Gasteiger partial charge in [0.15, 0.2) is 12.2 Å². The molecule has 3 N–H and O–H groups in total. The number of aliphatic hydroxyl groups excluding tert-OH is 1. The van der Waals surface area contributed by atoms with Crippen molar-refractivity contribution in [3.8, 4) is 0 Å². The first-order chi connectivity index (χ1) is 48.4. The average Bonchev–Trinajstić information content (AvgIpc) is 0.924. The smallest absolute Gasteiger partial charge is 0.462 e. The lowest BCUT2D eigenvalue weighted by Crippen LogP contribution is -2.30. The van der Waals surface area contributed by atoms with Crippen LogP contribution in [-0.4, -0.2) is 96.7 Å². The van der Waals surface area contributed by atoms with E-state index in [4.69, 9.17) is 37.0 Å². The van der Waals surface area contributed by atoms with Crippen LogP contribution in [0.15, 0.2) is 0 Å². The van der Waals surface area contributed by atoms with E-state index < -0.39 is 97.5 Å². The van der Waals surface area contributed by atoms with Crippen molar-refractivity contribution in [3.05, 3.63) is 0 Å². The topological polar surface area (TPSA) is 237 Å². The maximum Gasteiger partial charge on any atom is 0.472 e. The van der Waals surface area contributed by atoms with Crippen molar-refractivity contribution in [1.29, 1.82) is 0 Å². The van der Waals surface area contributed by atoms with Crippen LogP contribution in [0.25, 0.3) is 0 Å². The third-order valence-corrected chi connectivity index (χ3v) is 21.2. The van der Waals surface area contributed by atoms with Crippen molar-refractivity contribution in [2.24, 2.45) is 11.8 Å². The predicted molar refractivity (Wildman–Crippen MR) is 409 cm³/mol. The average molecular weight is 1470 g/mol. The van der Waals surface area contributed by atoms with Crippen LogP contribution in [0.4, 0.5) is 0 Å². The number of hydrogen-bond acceptors (Lipinski definition) is 15. The van der Waals surface area contributed by atoms with E-state index in [1.54, 1.807) is 0 Å². The Balaban J connectivity index is 5.20. The molecule has 0 aromatic carbocycles. The molecule has 0 aromatic heterocycles. The minimum Gasteiger partial charge on any atom is -0.462 e. The number of phosphoric acid groups is 2. The Morgan fingerprint density at radius 1 is 0.290 bits per heavy atom. The van der Waals surface area contributed by atoms with Gasteiger partial charge in [-0.15, -0.1) is 0 Å². The van der Waals surface area contributed by atoms with Crippen LogP contribution in [-0.2, 0) is 65.4 Å². The Hall–Kier alpha value is -1.94. The monoisotopic (exact) mass is 1470 g/mol. The van der Waals surface area contributed by atoms with E-state index in [-0.39, 0.29) is 25.7 Å². The predicted octanol–water partition coefficient (Wildman–Crippen LogP) is 24.3. The SMILES string of the molecule is CCCCCCCCCCCCCCCCCCCCCCCCC(=O)O[C@H](COC(=O)CCCCCCCCCCCCCCCCCC)COP(=O)(O)OC[C@@H](O)COP(=O)(O)OC[C@@H](COC(=O)CCCCCCCCCC(C)C)OC(=O)CCCCCCCCCCC(C)CC. The van der Waals surface area contributed by atoms with Gasteiger partial charge in [-0.05, 0) is 37.5 Å². The Labute approximate surface area is 613 Å². The number of hydrogen-bond donors (Lipinski definition) is 3. The van der Waals surface area contributed by atoms with E-state index >= 15 is 0 Å². The number of carbonyl (C=O) groups excluding carboxylic acids is 4. The molecule has 0 saturated carbocycles. The summed E-state index contributed by atoms with van der Waals surface area (Å²) < 4.78 is 68.7. The Morgan fingerprint density at radius 2 is 0.510 bits per heavy atom. The fourth-order valence-corrected chi connectivity index (χ4v) is 14.1. The van der Waals surface area contributed by atoms with Crippen molar-refractivity contribution < 1.29 is 80.2 Å². The highest BCUT2D eigenvalue weighted by molar-refractivity contribution is 7.47. The van der Waals surface area contributed by atoms with Crippen LogP contribution < -0.4 is 0 Å². The molecule has 0 heterocycles.